The Hall–Kier alpha value is -11.6. The Balaban J connectivity index is 0.000000163. The number of halogens is 3. The predicted molar refractivity (Wildman–Crippen MR) is 519 cm³/mol. The van der Waals surface area contributed by atoms with Crippen molar-refractivity contribution in [2.75, 3.05) is 12.8 Å². The second-order valence-electron chi connectivity index (χ2n) is 42.0. The maximum atomic E-state index is 15.2. The summed E-state index contributed by atoms with van der Waals surface area (Å²) in [7, 11) is -3.67. The number of nitrogens with zero attached hydrogens (tertiary/aromatic N) is 6. The maximum absolute atomic E-state index is 15.2. The number of carbonyl (C=O) groups excluding carboxylic acids is 6. The van der Waals surface area contributed by atoms with E-state index in [1.165, 1.54) is 18.2 Å². The number of aliphatic hydroxyl groups is 4. The summed E-state index contributed by atoms with van der Waals surface area (Å²) >= 11 is 0. The van der Waals surface area contributed by atoms with Crippen LogP contribution in [0.5, 0.6) is 0 Å². The molecule has 0 spiro atoms. The van der Waals surface area contributed by atoms with Crippen molar-refractivity contribution in [2.45, 2.75) is 327 Å². The van der Waals surface area contributed by atoms with E-state index >= 15 is 8.78 Å². The average molecular weight is 1980 g/mol. The summed E-state index contributed by atoms with van der Waals surface area (Å²) in [5.74, 6) is -4.85. The lowest BCUT2D eigenvalue weighted by molar-refractivity contribution is -0.172. The molecule has 3 aromatic carbocycles. The van der Waals surface area contributed by atoms with Gasteiger partial charge in [0.1, 0.15) is 42.9 Å². The number of nitrogens with two attached hydrogens (primary N) is 2. The summed E-state index contributed by atoms with van der Waals surface area (Å²) in [5.41, 5.74) is 17.1. The topological polar surface area (TPSA) is 502 Å². The molecule has 1 unspecified atom stereocenters. The molecule has 3 aliphatic carbocycles. The first-order chi connectivity index (χ1) is 65.2. The zero-order valence-electron chi connectivity index (χ0n) is 82.5. The maximum Gasteiger partial charge on any atom is 0.343 e. The van der Waals surface area contributed by atoms with Gasteiger partial charge in [-0.1, -0.05) is 55.9 Å². The molecule has 0 radical (unpaired) electrons. The smallest absolute Gasteiger partial charge is 0.343 e. The number of hydrogen-bond donors (Lipinski definition) is 10. The number of pyridine rings is 6. The molecule has 0 saturated heterocycles. The molecule has 12 N–H and O–H groups in total. The molecule has 9 aromatic rings. The fourth-order valence-electron chi connectivity index (χ4n) is 20.6. The van der Waals surface area contributed by atoms with Crippen LogP contribution in [0.2, 0.25) is 0 Å². The zero-order chi connectivity index (χ0) is 103. The van der Waals surface area contributed by atoms with Gasteiger partial charge >= 0.3 is 29.8 Å². The molecule has 0 fully saturated rings. The fourth-order valence-corrected chi connectivity index (χ4v) is 20.6. The van der Waals surface area contributed by atoms with Gasteiger partial charge in [0.25, 0.3) is 26.8 Å². The van der Waals surface area contributed by atoms with E-state index in [1.807, 2.05) is 69.2 Å². The number of ether oxygens (including phenoxy) is 5. The standard InChI is InChI=1S/C36H42FN3O7.C30H33FN4O5.C24H22FN3O4.C12H24O4.CH4O3S.CH4/c1-8-36(45)22-14-26-30-20(16-40(26)31(42)21(22)17-46-33(36)44)29-24(12-11-19-18(2)23(37)15-25(38-30)28(19)29)39-32(43)35(6,7)13-9-10-27(41)47-34(3,4)5;1-5-30(39)18-10-22-25-16(12-35(22)26(36)17(18)13-40-28(30)38)24-20(34-27(37)29(3,4)8-9-32)7-6-15-14(2)19(31)11-21(33-25)23(15)24;1-3-24(31)14-6-18-21-12(8-28(18)22(29)13(14)9-32-23(24)30)19-16(26)5-4-11-10(2)15(25)7-17(27-21)20(11)19;1-11(2,3)16-9(13)7-6-8-12(4,5)10(14)15;1-5(2,3)4;/h14-15,24,45H,8-13,16-17H2,1-7H3,(H,39,43);10-11,20,39H,5-9,12-13,32H2,1-4H3,(H,34,37);6-7,16,31H,3-5,8-9,26H2,1-2H3;9,13H,6-8H2,1-5H3,(H,14,15);1H3,(H,2,3,4);1H4/t24-,36-;20-,30-;16-,24-;;;/m000.../s1. The second-order valence-corrected chi connectivity index (χ2v) is 43.4. The highest BCUT2D eigenvalue weighted by atomic mass is 32.2. The van der Waals surface area contributed by atoms with Crippen molar-refractivity contribution in [3.05, 3.63) is 185 Å². The van der Waals surface area contributed by atoms with Crippen LogP contribution in [0, 0.1) is 54.5 Å². The van der Waals surface area contributed by atoms with Crippen LogP contribution >= 0.6 is 0 Å². The number of nitrogens with one attached hydrogen (secondary N) is 2. The summed E-state index contributed by atoms with van der Waals surface area (Å²) in [6, 6.07) is 8.09. The summed E-state index contributed by atoms with van der Waals surface area (Å²) in [4.78, 5) is 143. The highest BCUT2D eigenvalue weighted by Gasteiger charge is 2.51. The van der Waals surface area contributed by atoms with Crippen molar-refractivity contribution >= 4 is 84.5 Å². The molecular weight excluding hydrogens is 1850 g/mol. The predicted octanol–water partition coefficient (Wildman–Crippen LogP) is 13.2. The molecule has 9 aliphatic rings. The van der Waals surface area contributed by atoms with Crippen LogP contribution < -0.4 is 38.8 Å². The Bertz CT molecular complexity index is 7020. The number of amides is 2. The molecule has 6 aliphatic heterocycles. The number of fused-ring (bicyclic) bond motifs is 15. The third kappa shape index (κ3) is 19.9. The molecule has 0 bridgehead atoms. The highest BCUT2D eigenvalue weighted by molar-refractivity contribution is 7.85. The summed E-state index contributed by atoms with van der Waals surface area (Å²) < 4.78 is 102. The van der Waals surface area contributed by atoms with Crippen molar-refractivity contribution in [3.63, 3.8) is 0 Å². The van der Waals surface area contributed by atoms with E-state index in [1.54, 1.807) is 87.3 Å². The molecular formula is C104H129F3N10O23S. The Labute approximate surface area is 814 Å². The SMILES string of the molecule is C.CC(C)(C)OC(O)CCCC(C)(C)C(=O)O.CC[C@@]1(O)C(=O)OCc2c1cc1n(c2=O)Cc2c-1nc1cc(F)c(C)c3c1c2[C@@H](N)CC3.CC[C@@]1(O)C(=O)OCc2c1cc1n(c2=O)Cc2c-1nc1cc(F)c(C)c3c1c2[C@@H](NC(=O)C(C)(C)CCCC(=O)OC(C)(C)C)CC3.CC[C@@]1(O)C(=O)OCc2c1cc1n(c2=O)Cc2c-1nc1cc(F)c(C)c3c1c2[C@@H](NC(=O)C(C)(C)CCN)CC3.CS(=O)(=O)O. The quantitative estimate of drug-likeness (QED) is 0.0156. The minimum atomic E-state index is -3.67. The van der Waals surface area contributed by atoms with Gasteiger partial charge in [-0.15, -0.1) is 0 Å². The zero-order valence-corrected chi connectivity index (χ0v) is 83.4. The fraction of sp³-hybridized carbons (Fsp3) is 0.529. The Morgan fingerprint density at radius 1 is 0.518 bits per heavy atom. The van der Waals surface area contributed by atoms with Gasteiger partial charge in [0.2, 0.25) is 11.8 Å². The van der Waals surface area contributed by atoms with Gasteiger partial charge in [-0.3, -0.25) is 38.1 Å². The summed E-state index contributed by atoms with van der Waals surface area (Å²) in [6.45, 7) is 32.4. The molecule has 141 heavy (non-hydrogen) atoms. The number of carboxylic acids is 1. The number of cyclic esters (lactones) is 3. The van der Waals surface area contributed by atoms with Crippen LogP contribution in [0.15, 0.2) is 50.8 Å². The van der Waals surface area contributed by atoms with Gasteiger partial charge in [0, 0.05) is 91.0 Å². The van der Waals surface area contributed by atoms with E-state index in [-0.39, 0.29) is 170 Å². The number of esters is 4. The van der Waals surface area contributed by atoms with Crippen LogP contribution in [-0.4, -0.2) is 139 Å². The van der Waals surface area contributed by atoms with E-state index < -0.39 is 90.5 Å². The van der Waals surface area contributed by atoms with Crippen molar-refractivity contribution in [1.29, 1.82) is 0 Å². The molecule has 12 heterocycles. The number of benzene rings is 3. The average Bonchev–Trinajstić information content (AvgIpc) is 1.58. The van der Waals surface area contributed by atoms with E-state index in [0.29, 0.717) is 157 Å². The van der Waals surface area contributed by atoms with E-state index in [9.17, 15) is 81.2 Å². The number of carboxylic acid groups (broad SMARTS) is 1. The Morgan fingerprint density at radius 3 is 1.17 bits per heavy atom. The first-order valence-corrected chi connectivity index (χ1v) is 49.3. The van der Waals surface area contributed by atoms with Crippen LogP contribution in [0.4, 0.5) is 13.2 Å². The summed E-state index contributed by atoms with van der Waals surface area (Å²) in [6.07, 6.45) is 6.86. The van der Waals surface area contributed by atoms with Gasteiger partial charge in [0.15, 0.2) is 23.1 Å². The lowest BCUT2D eigenvalue weighted by atomic mass is 9.80. The minimum Gasteiger partial charge on any atom is -0.481 e. The molecule has 7 atom stereocenters. The number of aliphatic hydroxyl groups excluding tert-OH is 1. The number of aromatic nitrogens is 6. The normalized spacial score (nSPS) is 20.0. The largest absolute Gasteiger partial charge is 0.481 e. The van der Waals surface area contributed by atoms with Gasteiger partial charge < -0.3 is 85.0 Å². The minimum absolute atomic E-state index is 0. The van der Waals surface area contributed by atoms with Crippen LogP contribution in [0.3, 0.4) is 0 Å². The Morgan fingerprint density at radius 2 is 0.844 bits per heavy atom. The molecule has 2 amide bonds. The molecule has 33 nitrogen and oxygen atoms in total. The van der Waals surface area contributed by atoms with Crippen molar-refractivity contribution < 1.29 is 109 Å². The molecule has 37 heteroatoms. The van der Waals surface area contributed by atoms with Crippen molar-refractivity contribution in [1.82, 2.24) is 39.3 Å². The van der Waals surface area contributed by atoms with Crippen molar-refractivity contribution in [2.24, 2.45) is 27.7 Å². The third-order valence-corrected chi connectivity index (χ3v) is 28.7. The van der Waals surface area contributed by atoms with Gasteiger partial charge in [0.05, 0.1) is 116 Å². The number of aryl methyl sites for hydroxylation is 3. The lowest BCUT2D eigenvalue weighted by Gasteiger charge is -2.33. The first-order valence-electron chi connectivity index (χ1n) is 47.5. The van der Waals surface area contributed by atoms with Crippen LogP contribution in [0.1, 0.15) is 313 Å². The number of aliphatic carboxylic acids is 1. The van der Waals surface area contributed by atoms with Crippen LogP contribution in [0.25, 0.3) is 66.9 Å². The molecule has 6 aromatic heterocycles. The van der Waals surface area contributed by atoms with E-state index in [0.717, 1.165) is 66.2 Å². The van der Waals surface area contributed by atoms with E-state index in [2.05, 4.69) is 10.6 Å². The van der Waals surface area contributed by atoms with Gasteiger partial charge in [-0.05, 0) is 247 Å². The van der Waals surface area contributed by atoms with Crippen LogP contribution in [-0.2, 0) is 143 Å². The molecule has 0 saturated carbocycles. The molecule has 760 valence electrons. The number of rotatable bonds is 19. The van der Waals surface area contributed by atoms with Crippen molar-refractivity contribution in [3.8, 4) is 34.2 Å². The molecule has 18 rings (SSSR count). The second kappa shape index (κ2) is 38.9. The Kier molecular flexibility index (Phi) is 29.5. The third-order valence-electron chi connectivity index (χ3n) is 28.7. The summed E-state index contributed by atoms with van der Waals surface area (Å²) in [5, 5.41) is 60.9. The first kappa shape index (κ1) is 107. The van der Waals surface area contributed by atoms with E-state index in [4.69, 9.17) is 59.8 Å². The lowest BCUT2D eigenvalue weighted by Crippen LogP contribution is -2.44. The monoisotopic (exact) mass is 1970 g/mol. The highest BCUT2D eigenvalue weighted by Crippen LogP contribution is 2.52. The number of carbonyl (C=O) groups is 7. The number of hydrogen-bond acceptors (Lipinski definition) is 26. The van der Waals surface area contributed by atoms with Gasteiger partial charge in [-0.25, -0.2) is 42.5 Å². The van der Waals surface area contributed by atoms with Gasteiger partial charge in [-0.2, -0.15) is 8.42 Å².